The number of hydrogen-bond donors (Lipinski definition) is 1. The number of likely N-dealkylation sites (tertiary alicyclic amines) is 1. The van der Waals surface area contributed by atoms with Gasteiger partial charge >= 0.3 is 6.09 Å². The molecule has 16 heavy (non-hydrogen) atoms. The van der Waals surface area contributed by atoms with Crippen molar-refractivity contribution >= 4 is 12.0 Å². The fraction of sp³-hybridized carbons (Fsp3) is 0.700. The summed E-state index contributed by atoms with van der Waals surface area (Å²) in [5.41, 5.74) is 0. The number of hydrogen-bond acceptors (Lipinski definition) is 4. The Bertz CT molecular complexity index is 324. The van der Waals surface area contributed by atoms with Crippen LogP contribution in [0.1, 0.15) is 13.3 Å². The number of nitriles is 1. The van der Waals surface area contributed by atoms with Crippen LogP contribution in [0.25, 0.3) is 0 Å². The summed E-state index contributed by atoms with van der Waals surface area (Å²) in [6.07, 6.45) is 0.201. The smallest absolute Gasteiger partial charge is 0.407 e. The first-order chi connectivity index (χ1) is 7.58. The van der Waals surface area contributed by atoms with E-state index in [2.05, 4.69) is 10.1 Å². The van der Waals surface area contributed by atoms with E-state index in [1.807, 2.05) is 6.07 Å². The van der Waals surface area contributed by atoms with Crippen molar-refractivity contribution in [3.63, 3.8) is 0 Å². The molecule has 0 aromatic rings. The van der Waals surface area contributed by atoms with E-state index in [1.54, 1.807) is 11.8 Å². The summed E-state index contributed by atoms with van der Waals surface area (Å²) in [5.74, 6) is -0.812. The molecule has 1 rings (SSSR count). The Labute approximate surface area is 94.2 Å². The molecule has 0 radical (unpaired) electrons. The van der Waals surface area contributed by atoms with E-state index >= 15 is 0 Å². The normalized spacial score (nSPS) is 21.1. The Balaban J connectivity index is 2.44. The van der Waals surface area contributed by atoms with E-state index in [4.69, 9.17) is 5.26 Å². The van der Waals surface area contributed by atoms with Gasteiger partial charge < -0.3 is 15.0 Å². The molecule has 2 atom stereocenters. The van der Waals surface area contributed by atoms with Gasteiger partial charge in [0.15, 0.2) is 0 Å². The van der Waals surface area contributed by atoms with Crippen LogP contribution in [0.3, 0.4) is 0 Å². The van der Waals surface area contributed by atoms with Crippen molar-refractivity contribution in [1.29, 1.82) is 5.26 Å². The lowest BCUT2D eigenvalue weighted by Crippen LogP contribution is -2.39. The molecule has 6 heteroatoms. The number of nitrogens with zero attached hydrogens (tertiary/aromatic N) is 2. The molecular weight excluding hydrogens is 210 g/mol. The number of amides is 2. The highest BCUT2D eigenvalue weighted by Gasteiger charge is 2.29. The fourth-order valence-electron chi connectivity index (χ4n) is 1.63. The molecule has 1 aliphatic heterocycles. The predicted molar refractivity (Wildman–Crippen MR) is 55.3 cm³/mol. The van der Waals surface area contributed by atoms with E-state index in [0.29, 0.717) is 19.5 Å². The highest BCUT2D eigenvalue weighted by atomic mass is 16.5. The van der Waals surface area contributed by atoms with Crippen molar-refractivity contribution in [1.82, 2.24) is 10.2 Å². The summed E-state index contributed by atoms with van der Waals surface area (Å²) >= 11 is 0. The van der Waals surface area contributed by atoms with E-state index in [1.165, 1.54) is 7.11 Å². The number of carbonyl (C=O) groups is 2. The first kappa shape index (κ1) is 12.3. The maximum absolute atomic E-state index is 11.6. The Morgan fingerprint density at radius 2 is 2.31 bits per heavy atom. The second kappa shape index (κ2) is 5.35. The molecule has 0 aromatic carbocycles. The van der Waals surface area contributed by atoms with Gasteiger partial charge in [-0.2, -0.15) is 5.26 Å². The molecule has 88 valence electrons. The van der Waals surface area contributed by atoms with Crippen molar-refractivity contribution in [3.05, 3.63) is 0 Å². The molecule has 1 saturated heterocycles. The average molecular weight is 225 g/mol. The molecule has 0 saturated carbocycles. The van der Waals surface area contributed by atoms with Crippen LogP contribution in [0, 0.1) is 17.2 Å². The van der Waals surface area contributed by atoms with Crippen molar-refractivity contribution in [2.24, 2.45) is 5.92 Å². The van der Waals surface area contributed by atoms with Crippen LogP contribution in [0.2, 0.25) is 0 Å². The van der Waals surface area contributed by atoms with Crippen molar-refractivity contribution < 1.29 is 14.3 Å². The first-order valence-corrected chi connectivity index (χ1v) is 5.11. The lowest BCUT2D eigenvalue weighted by Gasteiger charge is -2.17. The number of alkyl carbamates (subject to hydrolysis) is 1. The van der Waals surface area contributed by atoms with Gasteiger partial charge in [0.25, 0.3) is 0 Å². The van der Waals surface area contributed by atoms with Gasteiger partial charge in [-0.3, -0.25) is 4.79 Å². The summed E-state index contributed by atoms with van der Waals surface area (Å²) < 4.78 is 4.47. The van der Waals surface area contributed by atoms with Gasteiger partial charge in [0.1, 0.15) is 5.92 Å². The van der Waals surface area contributed by atoms with Crippen LogP contribution in [0.15, 0.2) is 0 Å². The largest absolute Gasteiger partial charge is 0.453 e. The third-order valence-corrected chi connectivity index (χ3v) is 2.57. The number of rotatable bonds is 2. The van der Waals surface area contributed by atoms with Crippen LogP contribution in [-0.2, 0) is 9.53 Å². The monoisotopic (exact) mass is 225 g/mol. The fourth-order valence-corrected chi connectivity index (χ4v) is 1.63. The molecule has 2 amide bonds. The zero-order valence-electron chi connectivity index (χ0n) is 9.40. The van der Waals surface area contributed by atoms with E-state index in [9.17, 15) is 9.59 Å². The predicted octanol–water partition coefficient (Wildman–Crippen LogP) is 0.103. The third-order valence-electron chi connectivity index (χ3n) is 2.57. The summed E-state index contributed by atoms with van der Waals surface area (Å²) in [6.45, 7) is 2.59. The zero-order chi connectivity index (χ0) is 12.1. The van der Waals surface area contributed by atoms with Crippen LogP contribution >= 0.6 is 0 Å². The summed E-state index contributed by atoms with van der Waals surface area (Å²) in [4.78, 5) is 24.2. The maximum atomic E-state index is 11.6. The lowest BCUT2D eigenvalue weighted by molar-refractivity contribution is -0.132. The highest BCUT2D eigenvalue weighted by molar-refractivity contribution is 5.81. The van der Waals surface area contributed by atoms with E-state index < -0.39 is 12.0 Å². The topological polar surface area (TPSA) is 82.4 Å². The molecule has 0 bridgehead atoms. The van der Waals surface area contributed by atoms with Gasteiger partial charge in [0.2, 0.25) is 5.91 Å². The second-order valence-electron chi connectivity index (χ2n) is 3.76. The third kappa shape index (κ3) is 2.86. The minimum absolute atomic E-state index is 0.0812. The van der Waals surface area contributed by atoms with Gasteiger partial charge in [-0.15, -0.1) is 0 Å². The Hall–Kier alpha value is -1.77. The number of carbonyl (C=O) groups excluding carboxylic acids is 2. The molecule has 1 heterocycles. The van der Waals surface area contributed by atoms with Crippen molar-refractivity contribution in [2.45, 2.75) is 19.4 Å². The van der Waals surface area contributed by atoms with Crippen LogP contribution < -0.4 is 5.32 Å². The molecule has 0 spiro atoms. The molecular formula is C10H15N3O3. The van der Waals surface area contributed by atoms with E-state index in [-0.39, 0.29) is 11.9 Å². The quantitative estimate of drug-likeness (QED) is 0.722. The standard InChI is InChI=1S/C10H15N3O3/c1-7(5-11)9(14)13-4-3-8(6-13)12-10(15)16-2/h7-8H,3-4,6H2,1-2H3,(H,12,15). The second-order valence-corrected chi connectivity index (χ2v) is 3.76. The van der Waals surface area contributed by atoms with Gasteiger partial charge in [-0.05, 0) is 13.3 Å². The van der Waals surface area contributed by atoms with Crippen LogP contribution in [0.5, 0.6) is 0 Å². The van der Waals surface area contributed by atoms with Crippen LogP contribution in [0.4, 0.5) is 4.79 Å². The first-order valence-electron chi connectivity index (χ1n) is 5.11. The van der Waals surface area contributed by atoms with Crippen molar-refractivity contribution in [2.75, 3.05) is 20.2 Å². The number of ether oxygens (including phenoxy) is 1. The van der Waals surface area contributed by atoms with Gasteiger partial charge in [0, 0.05) is 13.1 Å². The summed E-state index contributed by atoms with van der Waals surface area (Å²) in [6, 6.07) is 1.82. The number of nitrogens with one attached hydrogen (secondary N) is 1. The number of methoxy groups -OCH3 is 1. The highest BCUT2D eigenvalue weighted by Crippen LogP contribution is 2.12. The summed E-state index contributed by atoms with van der Waals surface area (Å²) in [7, 11) is 1.30. The minimum atomic E-state index is -0.628. The SMILES string of the molecule is COC(=O)NC1CCN(C(=O)C(C)C#N)C1. The Morgan fingerprint density at radius 1 is 1.62 bits per heavy atom. The van der Waals surface area contributed by atoms with Gasteiger partial charge in [0.05, 0.1) is 19.2 Å². The minimum Gasteiger partial charge on any atom is -0.453 e. The van der Waals surface area contributed by atoms with E-state index in [0.717, 1.165) is 0 Å². The van der Waals surface area contributed by atoms with Gasteiger partial charge in [-0.25, -0.2) is 4.79 Å². The molecule has 6 nitrogen and oxygen atoms in total. The zero-order valence-corrected chi connectivity index (χ0v) is 9.40. The Morgan fingerprint density at radius 3 is 2.88 bits per heavy atom. The molecule has 0 aliphatic carbocycles. The summed E-state index contributed by atoms with van der Waals surface area (Å²) in [5, 5.41) is 11.3. The Kier molecular flexibility index (Phi) is 4.11. The molecule has 1 N–H and O–H groups in total. The van der Waals surface area contributed by atoms with Crippen molar-refractivity contribution in [3.8, 4) is 6.07 Å². The lowest BCUT2D eigenvalue weighted by atomic mass is 10.2. The molecule has 0 aromatic heterocycles. The van der Waals surface area contributed by atoms with Crippen LogP contribution in [-0.4, -0.2) is 43.1 Å². The molecule has 1 fully saturated rings. The molecule has 1 aliphatic rings. The average Bonchev–Trinajstić information content (AvgIpc) is 2.75. The van der Waals surface area contributed by atoms with Gasteiger partial charge in [-0.1, -0.05) is 0 Å². The maximum Gasteiger partial charge on any atom is 0.407 e. The molecule has 2 unspecified atom stereocenters.